The van der Waals surface area contributed by atoms with Gasteiger partial charge < -0.3 is 9.73 Å². The molecule has 1 amide bonds. The monoisotopic (exact) mass is 395 g/mol. The number of benzene rings is 1. The Labute approximate surface area is 164 Å². The Kier molecular flexibility index (Phi) is 4.98. The second-order valence-electron chi connectivity index (χ2n) is 6.01. The number of amides is 1. The third kappa shape index (κ3) is 3.84. The number of nitrogens with zero attached hydrogens (tertiary/aromatic N) is 3. The molecule has 0 bridgehead atoms. The van der Waals surface area contributed by atoms with Gasteiger partial charge in [0.1, 0.15) is 0 Å². The number of furan rings is 1. The number of hydrogen-bond donors (Lipinski definition) is 2. The lowest BCUT2D eigenvalue weighted by Crippen LogP contribution is -2.15. The highest BCUT2D eigenvalue weighted by Crippen LogP contribution is 2.22. The van der Waals surface area contributed by atoms with Crippen LogP contribution in [0.4, 0.5) is 5.69 Å². The molecule has 9 heteroatoms. The molecule has 0 spiro atoms. The molecule has 0 unspecified atom stereocenters. The van der Waals surface area contributed by atoms with Crippen LogP contribution in [0.5, 0.6) is 0 Å². The minimum atomic E-state index is -0.298. The molecule has 3 aromatic heterocycles. The quantitative estimate of drug-likeness (QED) is 0.486. The smallest absolute Gasteiger partial charge is 0.266 e. The summed E-state index contributed by atoms with van der Waals surface area (Å²) < 4.78 is 6.80. The lowest BCUT2D eigenvalue weighted by atomic mass is 10.1. The van der Waals surface area contributed by atoms with Gasteiger partial charge >= 0.3 is 0 Å². The number of carbonyl (C=O) groups is 1. The number of H-pyrrole nitrogens is 1. The van der Waals surface area contributed by atoms with Gasteiger partial charge in [-0.1, -0.05) is 30.8 Å². The van der Waals surface area contributed by atoms with E-state index in [9.17, 15) is 9.59 Å². The van der Waals surface area contributed by atoms with Crippen LogP contribution in [0.3, 0.4) is 0 Å². The highest BCUT2D eigenvalue weighted by Gasteiger charge is 2.14. The first-order chi connectivity index (χ1) is 13.6. The predicted molar refractivity (Wildman–Crippen MR) is 106 cm³/mol. The van der Waals surface area contributed by atoms with Crippen LogP contribution in [0.2, 0.25) is 0 Å². The zero-order chi connectivity index (χ0) is 19.5. The first-order valence-corrected chi connectivity index (χ1v) is 9.66. The number of carbonyl (C=O) groups excluding carboxylic acids is 1. The minimum absolute atomic E-state index is 0.124. The Hall–Kier alpha value is -3.33. The fraction of sp³-hybridized carbons (Fsp3) is 0.158. The van der Waals surface area contributed by atoms with E-state index in [0.29, 0.717) is 22.4 Å². The molecular formula is C19H17N5O3S. The van der Waals surface area contributed by atoms with E-state index in [2.05, 4.69) is 27.3 Å². The fourth-order valence-corrected chi connectivity index (χ4v) is 3.40. The average molecular weight is 395 g/mol. The average Bonchev–Trinajstić information content (AvgIpc) is 3.35. The van der Waals surface area contributed by atoms with Crippen LogP contribution in [0.1, 0.15) is 12.5 Å². The van der Waals surface area contributed by atoms with Crippen LogP contribution in [-0.2, 0) is 11.2 Å². The summed E-state index contributed by atoms with van der Waals surface area (Å²) in [7, 11) is 0. The largest absolute Gasteiger partial charge is 0.461 e. The van der Waals surface area contributed by atoms with Crippen molar-refractivity contribution in [3.05, 3.63) is 64.6 Å². The maximum Gasteiger partial charge on any atom is 0.266 e. The van der Waals surface area contributed by atoms with Crippen LogP contribution in [0.25, 0.3) is 17.2 Å². The predicted octanol–water partition coefficient (Wildman–Crippen LogP) is 2.97. The lowest BCUT2D eigenvalue weighted by Gasteiger charge is -2.07. The van der Waals surface area contributed by atoms with Gasteiger partial charge in [0.05, 0.1) is 12.0 Å². The first kappa shape index (κ1) is 18.1. The normalized spacial score (nSPS) is 11.0. The van der Waals surface area contributed by atoms with E-state index < -0.39 is 0 Å². The van der Waals surface area contributed by atoms with Gasteiger partial charge in [-0.3, -0.25) is 14.7 Å². The van der Waals surface area contributed by atoms with Gasteiger partial charge in [-0.2, -0.15) is 4.98 Å². The lowest BCUT2D eigenvalue weighted by molar-refractivity contribution is -0.113. The van der Waals surface area contributed by atoms with Crippen molar-refractivity contribution in [2.75, 3.05) is 11.1 Å². The van der Waals surface area contributed by atoms with Crippen molar-refractivity contribution in [2.24, 2.45) is 0 Å². The number of nitrogens with one attached hydrogen (secondary N) is 2. The molecule has 2 N–H and O–H groups in total. The van der Waals surface area contributed by atoms with Crippen LogP contribution >= 0.6 is 11.8 Å². The van der Waals surface area contributed by atoms with Gasteiger partial charge in [-0.05, 0) is 36.2 Å². The Morgan fingerprint density at radius 1 is 1.25 bits per heavy atom. The summed E-state index contributed by atoms with van der Waals surface area (Å²) in [6.45, 7) is 2.08. The Bertz CT molecular complexity index is 1160. The van der Waals surface area contributed by atoms with Crippen LogP contribution < -0.4 is 10.9 Å². The topological polar surface area (TPSA) is 105 Å². The molecular weight excluding hydrogens is 378 g/mol. The fourth-order valence-electron chi connectivity index (χ4n) is 2.65. The summed E-state index contributed by atoms with van der Waals surface area (Å²) in [4.78, 5) is 32.8. The molecule has 0 aliphatic heterocycles. The van der Waals surface area contributed by atoms with Crippen molar-refractivity contribution in [3.8, 4) is 11.6 Å². The summed E-state index contributed by atoms with van der Waals surface area (Å²) in [6, 6.07) is 12.6. The van der Waals surface area contributed by atoms with Crippen LogP contribution in [0, 0.1) is 0 Å². The third-order valence-electron chi connectivity index (χ3n) is 4.04. The highest BCUT2D eigenvalue weighted by atomic mass is 32.2. The molecule has 1 aromatic carbocycles. The van der Waals surface area contributed by atoms with Crippen molar-refractivity contribution in [1.29, 1.82) is 0 Å². The Balaban J connectivity index is 1.53. The maximum atomic E-state index is 12.3. The minimum Gasteiger partial charge on any atom is -0.461 e. The van der Waals surface area contributed by atoms with Gasteiger partial charge in [0.2, 0.25) is 5.91 Å². The molecule has 4 rings (SSSR count). The van der Waals surface area contributed by atoms with Crippen molar-refractivity contribution < 1.29 is 9.21 Å². The molecule has 0 radical (unpaired) electrons. The van der Waals surface area contributed by atoms with Crippen molar-refractivity contribution in [1.82, 2.24) is 19.6 Å². The van der Waals surface area contributed by atoms with Gasteiger partial charge in [0.15, 0.2) is 22.4 Å². The van der Waals surface area contributed by atoms with E-state index in [4.69, 9.17) is 4.42 Å². The van der Waals surface area contributed by atoms with E-state index in [1.54, 1.807) is 12.1 Å². The molecule has 3 heterocycles. The van der Waals surface area contributed by atoms with Crippen molar-refractivity contribution in [3.63, 3.8) is 0 Å². The van der Waals surface area contributed by atoms with E-state index in [1.807, 2.05) is 24.3 Å². The number of aromatic amines is 1. The molecule has 0 atom stereocenters. The number of rotatable bonds is 6. The standard InChI is InChI=1S/C19H17N5O3S/c1-2-12-5-7-13(8-6-12)20-17(26)11-28-19-22-18(14-4-3-9-27-14)21-15-10-16(25)23-24(15)19/h3-10H,2,11H2,1H3,(H,20,26)(H,23,25). The molecule has 0 fully saturated rings. The van der Waals surface area contributed by atoms with Crippen LogP contribution in [0.15, 0.2) is 63.1 Å². The number of fused-ring (bicyclic) bond motifs is 1. The Morgan fingerprint density at radius 3 is 2.79 bits per heavy atom. The molecule has 0 aliphatic rings. The molecule has 0 saturated heterocycles. The van der Waals surface area contributed by atoms with E-state index in [-0.39, 0.29) is 17.2 Å². The van der Waals surface area contributed by atoms with Gasteiger partial charge in [0.25, 0.3) is 5.56 Å². The van der Waals surface area contributed by atoms with Gasteiger partial charge in [-0.25, -0.2) is 9.50 Å². The second-order valence-corrected chi connectivity index (χ2v) is 6.95. The molecule has 4 aromatic rings. The zero-order valence-electron chi connectivity index (χ0n) is 15.0. The molecule has 0 aliphatic carbocycles. The third-order valence-corrected chi connectivity index (χ3v) is 4.98. The molecule has 142 valence electrons. The van der Waals surface area contributed by atoms with Crippen molar-refractivity contribution >= 4 is 29.0 Å². The summed E-state index contributed by atoms with van der Waals surface area (Å²) >= 11 is 1.20. The Morgan fingerprint density at radius 2 is 2.07 bits per heavy atom. The SMILES string of the molecule is CCc1ccc(NC(=O)CSc2nc(-c3ccco3)nc3cc(=O)[nH]n23)cc1. The van der Waals surface area contributed by atoms with E-state index in [1.165, 1.54) is 34.2 Å². The summed E-state index contributed by atoms with van der Waals surface area (Å²) in [6.07, 6.45) is 2.47. The summed E-state index contributed by atoms with van der Waals surface area (Å²) in [5.41, 5.74) is 2.05. The molecule has 0 saturated carbocycles. The first-order valence-electron chi connectivity index (χ1n) is 8.67. The number of aromatic nitrogens is 4. The molecule has 28 heavy (non-hydrogen) atoms. The van der Waals surface area contributed by atoms with E-state index >= 15 is 0 Å². The molecule has 8 nitrogen and oxygen atoms in total. The summed E-state index contributed by atoms with van der Waals surface area (Å²) in [5, 5.41) is 5.93. The maximum absolute atomic E-state index is 12.3. The number of hydrogen-bond acceptors (Lipinski definition) is 6. The number of thioether (sulfide) groups is 1. The number of aryl methyl sites for hydroxylation is 1. The highest BCUT2D eigenvalue weighted by molar-refractivity contribution is 7.99. The zero-order valence-corrected chi connectivity index (χ0v) is 15.8. The van der Waals surface area contributed by atoms with Crippen LogP contribution in [-0.4, -0.2) is 31.2 Å². The number of anilines is 1. The van der Waals surface area contributed by atoms with Gasteiger partial charge in [-0.15, -0.1) is 0 Å². The van der Waals surface area contributed by atoms with Gasteiger partial charge in [0, 0.05) is 11.8 Å². The summed E-state index contributed by atoms with van der Waals surface area (Å²) in [5.74, 6) is 0.787. The van der Waals surface area contributed by atoms with E-state index in [0.717, 1.165) is 12.1 Å². The second kappa shape index (κ2) is 7.73. The van der Waals surface area contributed by atoms with Crippen molar-refractivity contribution in [2.45, 2.75) is 18.5 Å².